The average Bonchev–Trinajstić information content (AvgIpc) is 2.49. The van der Waals surface area contributed by atoms with E-state index < -0.39 is 29.2 Å². The summed E-state index contributed by atoms with van der Waals surface area (Å²) >= 11 is 0. The summed E-state index contributed by atoms with van der Waals surface area (Å²) in [5.74, 6) is -4.70. The third-order valence-corrected chi connectivity index (χ3v) is 2.76. The fourth-order valence-corrected chi connectivity index (χ4v) is 1.82. The van der Waals surface area contributed by atoms with Crippen LogP contribution < -0.4 is 0 Å². The molecule has 0 aromatic heterocycles. The molecule has 1 aromatic rings. The topological polar surface area (TPSA) is 100 Å². The van der Waals surface area contributed by atoms with E-state index in [0.717, 1.165) is 6.07 Å². The van der Waals surface area contributed by atoms with Crippen LogP contribution in [0.5, 0.6) is 0 Å². The number of nitriles is 2. The summed E-state index contributed by atoms with van der Waals surface area (Å²) in [6, 6.07) is 5.49. The molecular formula is C15H13FN2O4. The van der Waals surface area contributed by atoms with Gasteiger partial charge in [0.2, 0.25) is 0 Å². The number of nitrogens with zero attached hydrogens (tertiary/aromatic N) is 2. The lowest BCUT2D eigenvalue weighted by molar-refractivity contribution is -0.157. The van der Waals surface area contributed by atoms with Crippen LogP contribution in [0.1, 0.15) is 36.5 Å². The summed E-state index contributed by atoms with van der Waals surface area (Å²) in [5.41, 5.74) is -1.07. The maximum Gasteiger partial charge on any atom is 0.324 e. The summed E-state index contributed by atoms with van der Waals surface area (Å²) in [4.78, 5) is 23.9. The molecule has 7 heteroatoms. The number of hydrogen-bond acceptors (Lipinski definition) is 6. The Bertz CT molecular complexity index is 655. The van der Waals surface area contributed by atoms with Crippen LogP contribution in [0, 0.1) is 28.5 Å². The molecule has 0 saturated carbocycles. The first-order chi connectivity index (χ1) is 10.5. The molecule has 0 heterocycles. The lowest BCUT2D eigenvalue weighted by Crippen LogP contribution is -2.27. The number of carbonyl (C=O) groups excluding carboxylic acids is 2. The molecule has 0 amide bonds. The standard InChI is InChI=1S/C15H13FN2O4/c1-3-21-14(19)12(15(20)22-4-2)10-6-5-9(7-17)11(8-18)13(10)16/h5-6,12H,3-4H2,1-2H3. The minimum atomic E-state index is -1.64. The van der Waals surface area contributed by atoms with Crippen molar-refractivity contribution in [3.05, 3.63) is 34.6 Å². The van der Waals surface area contributed by atoms with Crippen molar-refractivity contribution in [2.24, 2.45) is 0 Å². The Morgan fingerprint density at radius 2 is 1.68 bits per heavy atom. The second-order valence-electron chi connectivity index (χ2n) is 4.05. The van der Waals surface area contributed by atoms with Crippen LogP contribution in [-0.2, 0) is 19.1 Å². The zero-order valence-corrected chi connectivity index (χ0v) is 12.1. The zero-order valence-electron chi connectivity index (χ0n) is 12.1. The number of carbonyl (C=O) groups is 2. The predicted molar refractivity (Wildman–Crippen MR) is 71.8 cm³/mol. The van der Waals surface area contributed by atoms with Gasteiger partial charge in [-0.15, -0.1) is 0 Å². The van der Waals surface area contributed by atoms with Gasteiger partial charge in [0.25, 0.3) is 0 Å². The first kappa shape index (κ1) is 17.1. The summed E-state index contributed by atoms with van der Waals surface area (Å²) in [6.45, 7) is 3.07. The first-order valence-corrected chi connectivity index (χ1v) is 6.47. The van der Waals surface area contributed by atoms with Gasteiger partial charge >= 0.3 is 11.9 Å². The maximum absolute atomic E-state index is 14.4. The third-order valence-electron chi connectivity index (χ3n) is 2.76. The fraction of sp³-hybridized carbons (Fsp3) is 0.333. The molecular weight excluding hydrogens is 291 g/mol. The van der Waals surface area contributed by atoms with Crippen molar-refractivity contribution in [2.45, 2.75) is 19.8 Å². The second-order valence-corrected chi connectivity index (χ2v) is 4.05. The van der Waals surface area contributed by atoms with Crippen LogP contribution >= 0.6 is 0 Å². The molecule has 0 aliphatic rings. The van der Waals surface area contributed by atoms with E-state index in [1.807, 2.05) is 0 Å². The van der Waals surface area contributed by atoms with Gasteiger partial charge < -0.3 is 9.47 Å². The molecule has 22 heavy (non-hydrogen) atoms. The minimum Gasteiger partial charge on any atom is -0.465 e. The molecule has 6 nitrogen and oxygen atoms in total. The van der Waals surface area contributed by atoms with Crippen LogP contribution in [0.25, 0.3) is 0 Å². The highest BCUT2D eigenvalue weighted by molar-refractivity contribution is 6.01. The zero-order chi connectivity index (χ0) is 16.7. The van der Waals surface area contributed by atoms with Crippen molar-refractivity contribution >= 4 is 11.9 Å². The van der Waals surface area contributed by atoms with Crippen LogP contribution in [0.3, 0.4) is 0 Å². The average molecular weight is 304 g/mol. The highest BCUT2D eigenvalue weighted by Crippen LogP contribution is 2.26. The Balaban J connectivity index is 3.44. The summed E-state index contributed by atoms with van der Waals surface area (Å²) in [7, 11) is 0. The molecule has 1 rings (SSSR count). The monoisotopic (exact) mass is 304 g/mol. The molecule has 0 bridgehead atoms. The fourth-order valence-electron chi connectivity index (χ4n) is 1.82. The van der Waals surface area contributed by atoms with Gasteiger partial charge in [0.15, 0.2) is 5.92 Å². The van der Waals surface area contributed by atoms with Gasteiger partial charge in [-0.05, 0) is 19.9 Å². The van der Waals surface area contributed by atoms with Crippen LogP contribution in [0.4, 0.5) is 4.39 Å². The van der Waals surface area contributed by atoms with Gasteiger partial charge in [0.1, 0.15) is 23.5 Å². The van der Waals surface area contributed by atoms with Gasteiger partial charge in [-0.3, -0.25) is 9.59 Å². The summed E-state index contributed by atoms with van der Waals surface area (Å²) in [6.07, 6.45) is 0. The van der Waals surface area contributed by atoms with E-state index in [1.165, 1.54) is 19.9 Å². The maximum atomic E-state index is 14.4. The third kappa shape index (κ3) is 3.39. The van der Waals surface area contributed by atoms with E-state index in [2.05, 4.69) is 0 Å². The Kier molecular flexibility index (Phi) is 6.03. The largest absolute Gasteiger partial charge is 0.465 e. The van der Waals surface area contributed by atoms with Crippen LogP contribution in [0.2, 0.25) is 0 Å². The van der Waals surface area contributed by atoms with E-state index in [9.17, 15) is 14.0 Å². The molecule has 0 spiro atoms. The highest BCUT2D eigenvalue weighted by Gasteiger charge is 2.35. The van der Waals surface area contributed by atoms with E-state index in [0.29, 0.717) is 0 Å². The Morgan fingerprint density at radius 3 is 2.09 bits per heavy atom. The predicted octanol–water partition coefficient (Wildman–Crippen LogP) is 1.78. The van der Waals surface area contributed by atoms with E-state index >= 15 is 0 Å². The Hall–Kier alpha value is -2.93. The molecule has 0 unspecified atom stereocenters. The number of benzene rings is 1. The summed E-state index contributed by atoms with van der Waals surface area (Å²) < 4.78 is 23.9. The first-order valence-electron chi connectivity index (χ1n) is 6.47. The van der Waals surface area contributed by atoms with E-state index in [-0.39, 0.29) is 24.3 Å². The van der Waals surface area contributed by atoms with Gasteiger partial charge in [0.05, 0.1) is 18.8 Å². The number of ether oxygens (including phenoxy) is 2. The SMILES string of the molecule is CCOC(=O)C(C(=O)OCC)c1ccc(C#N)c(C#N)c1F. The van der Waals surface area contributed by atoms with Crippen molar-refractivity contribution in [3.63, 3.8) is 0 Å². The van der Waals surface area contributed by atoms with Crippen molar-refractivity contribution in [2.75, 3.05) is 13.2 Å². The number of rotatable bonds is 5. The van der Waals surface area contributed by atoms with E-state index in [1.54, 1.807) is 12.1 Å². The van der Waals surface area contributed by atoms with E-state index in [4.69, 9.17) is 20.0 Å². The van der Waals surface area contributed by atoms with Gasteiger partial charge in [-0.25, -0.2) is 4.39 Å². The van der Waals surface area contributed by atoms with Gasteiger partial charge in [-0.1, -0.05) is 6.07 Å². The molecule has 0 saturated heterocycles. The van der Waals surface area contributed by atoms with Crippen LogP contribution in [-0.4, -0.2) is 25.2 Å². The molecule has 1 aromatic carbocycles. The van der Waals surface area contributed by atoms with Crippen molar-refractivity contribution in [3.8, 4) is 12.1 Å². The quantitative estimate of drug-likeness (QED) is 0.607. The number of halogens is 1. The molecule has 0 fully saturated rings. The van der Waals surface area contributed by atoms with Gasteiger partial charge in [-0.2, -0.15) is 10.5 Å². The molecule has 0 aliphatic carbocycles. The number of esters is 2. The van der Waals surface area contributed by atoms with Gasteiger partial charge in [0, 0.05) is 5.56 Å². The molecule has 0 radical (unpaired) electrons. The molecule has 114 valence electrons. The van der Waals surface area contributed by atoms with Crippen LogP contribution in [0.15, 0.2) is 12.1 Å². The van der Waals surface area contributed by atoms with Crippen molar-refractivity contribution in [1.29, 1.82) is 10.5 Å². The molecule has 0 aliphatic heterocycles. The Labute approximate surface area is 126 Å². The lowest BCUT2D eigenvalue weighted by atomic mass is 9.94. The molecule has 0 N–H and O–H groups in total. The second kappa shape index (κ2) is 7.75. The van der Waals surface area contributed by atoms with Crippen molar-refractivity contribution < 1.29 is 23.5 Å². The smallest absolute Gasteiger partial charge is 0.324 e. The molecule has 0 atom stereocenters. The van der Waals surface area contributed by atoms with Crippen molar-refractivity contribution in [1.82, 2.24) is 0 Å². The lowest BCUT2D eigenvalue weighted by Gasteiger charge is -2.16. The summed E-state index contributed by atoms with van der Waals surface area (Å²) in [5, 5.41) is 17.8. The Morgan fingerprint density at radius 1 is 1.14 bits per heavy atom. The normalized spacial score (nSPS) is 9.73. The highest BCUT2D eigenvalue weighted by atomic mass is 19.1. The minimum absolute atomic E-state index is 0.00224. The number of hydrogen-bond donors (Lipinski definition) is 0.